The zero-order valence-electron chi connectivity index (χ0n) is 9.39. The first-order valence-corrected chi connectivity index (χ1v) is 5.40. The number of non-ortho nitro benzene ring substituents is 1. The summed E-state index contributed by atoms with van der Waals surface area (Å²) in [5.41, 5.74) is -0.639. The van der Waals surface area contributed by atoms with Crippen molar-refractivity contribution in [2.45, 2.75) is 12.5 Å². The molecule has 0 aromatic heterocycles. The molecule has 1 aliphatic heterocycles. The van der Waals surface area contributed by atoms with Crippen molar-refractivity contribution in [3.8, 4) is 0 Å². The summed E-state index contributed by atoms with van der Waals surface area (Å²) in [5.74, 6) is -1.44. The van der Waals surface area contributed by atoms with E-state index in [0.717, 1.165) is 18.2 Å². The number of halogens is 1. The van der Waals surface area contributed by atoms with E-state index in [-0.39, 0.29) is 17.3 Å². The zero-order valence-corrected chi connectivity index (χ0v) is 9.39. The summed E-state index contributed by atoms with van der Waals surface area (Å²) in [6.45, 7) is 0.921. The standard InChI is InChI=1S/C11H11FN2O4/c12-10-2-1-8(14(16)17)5-9(10)11(15)13-7-3-4-18-6-7/h1-2,5,7H,3-4,6H2,(H,13,15). The number of rotatable bonds is 3. The number of nitro groups is 1. The number of nitrogens with zero attached hydrogens (tertiary/aromatic N) is 1. The van der Waals surface area contributed by atoms with Crippen LogP contribution >= 0.6 is 0 Å². The molecule has 96 valence electrons. The molecule has 1 aromatic carbocycles. The van der Waals surface area contributed by atoms with Crippen LogP contribution in [0.3, 0.4) is 0 Å². The molecule has 6 nitrogen and oxygen atoms in total. The van der Waals surface area contributed by atoms with Gasteiger partial charge in [0.25, 0.3) is 11.6 Å². The van der Waals surface area contributed by atoms with Crippen molar-refractivity contribution >= 4 is 11.6 Å². The highest BCUT2D eigenvalue weighted by molar-refractivity contribution is 5.95. The normalized spacial score (nSPS) is 18.6. The van der Waals surface area contributed by atoms with Crippen molar-refractivity contribution < 1.29 is 18.8 Å². The van der Waals surface area contributed by atoms with Crippen LogP contribution in [0.1, 0.15) is 16.8 Å². The predicted molar refractivity (Wildman–Crippen MR) is 59.7 cm³/mol. The highest BCUT2D eigenvalue weighted by atomic mass is 19.1. The molecule has 1 fully saturated rings. The third kappa shape index (κ3) is 2.62. The first-order chi connectivity index (χ1) is 8.58. The van der Waals surface area contributed by atoms with Gasteiger partial charge in [0, 0.05) is 18.7 Å². The minimum Gasteiger partial charge on any atom is -0.379 e. The van der Waals surface area contributed by atoms with E-state index in [1.54, 1.807) is 0 Å². The fourth-order valence-corrected chi connectivity index (χ4v) is 1.71. The molecule has 1 amide bonds. The summed E-state index contributed by atoms with van der Waals surface area (Å²) in [4.78, 5) is 21.7. The lowest BCUT2D eigenvalue weighted by molar-refractivity contribution is -0.384. The van der Waals surface area contributed by atoms with E-state index in [1.165, 1.54) is 0 Å². The van der Waals surface area contributed by atoms with E-state index in [0.29, 0.717) is 19.6 Å². The van der Waals surface area contributed by atoms with Gasteiger partial charge in [-0.3, -0.25) is 14.9 Å². The van der Waals surface area contributed by atoms with Gasteiger partial charge in [-0.15, -0.1) is 0 Å². The molecule has 18 heavy (non-hydrogen) atoms. The lowest BCUT2D eigenvalue weighted by Crippen LogP contribution is -2.35. The van der Waals surface area contributed by atoms with Crippen LogP contribution in [0, 0.1) is 15.9 Å². The van der Waals surface area contributed by atoms with Crippen molar-refractivity contribution in [3.63, 3.8) is 0 Å². The fourth-order valence-electron chi connectivity index (χ4n) is 1.71. The Morgan fingerprint density at radius 2 is 2.33 bits per heavy atom. The van der Waals surface area contributed by atoms with Crippen molar-refractivity contribution in [1.82, 2.24) is 5.32 Å². The number of carbonyl (C=O) groups excluding carboxylic acids is 1. The molecule has 0 aliphatic carbocycles. The average molecular weight is 254 g/mol. The number of hydrogen-bond donors (Lipinski definition) is 1. The third-order valence-electron chi connectivity index (χ3n) is 2.67. The summed E-state index contributed by atoms with van der Waals surface area (Å²) in [5, 5.41) is 13.1. The van der Waals surface area contributed by atoms with Gasteiger partial charge in [0.2, 0.25) is 0 Å². The van der Waals surface area contributed by atoms with Crippen molar-refractivity contribution in [2.75, 3.05) is 13.2 Å². The van der Waals surface area contributed by atoms with Crippen LogP contribution in [-0.2, 0) is 4.74 Å². The summed E-state index contributed by atoms with van der Waals surface area (Å²) in [6.07, 6.45) is 0.655. The number of carbonyl (C=O) groups is 1. The number of nitrogens with one attached hydrogen (secondary N) is 1. The van der Waals surface area contributed by atoms with Gasteiger partial charge in [-0.2, -0.15) is 0 Å². The Morgan fingerprint density at radius 3 is 2.94 bits per heavy atom. The quantitative estimate of drug-likeness (QED) is 0.650. The molecule has 2 rings (SSSR count). The Hall–Kier alpha value is -2.02. The number of amides is 1. The molecule has 1 aromatic rings. The highest BCUT2D eigenvalue weighted by Gasteiger charge is 2.22. The maximum atomic E-state index is 13.4. The maximum Gasteiger partial charge on any atom is 0.270 e. The van der Waals surface area contributed by atoms with Gasteiger partial charge in [0.15, 0.2) is 0 Å². The van der Waals surface area contributed by atoms with Gasteiger partial charge in [-0.05, 0) is 12.5 Å². The average Bonchev–Trinajstić information content (AvgIpc) is 2.81. The molecule has 1 aliphatic rings. The molecule has 1 atom stereocenters. The first-order valence-electron chi connectivity index (χ1n) is 5.40. The van der Waals surface area contributed by atoms with Crippen LogP contribution in [0.2, 0.25) is 0 Å². The SMILES string of the molecule is O=C(NC1CCOC1)c1cc([N+](=O)[O-])ccc1F. The molecule has 7 heteroatoms. The Bertz CT molecular complexity index is 486. The van der Waals surface area contributed by atoms with Gasteiger partial charge >= 0.3 is 0 Å². The molecule has 0 radical (unpaired) electrons. The number of hydrogen-bond acceptors (Lipinski definition) is 4. The minimum absolute atomic E-state index is 0.170. The lowest BCUT2D eigenvalue weighted by Gasteiger charge is -2.10. The number of nitro benzene ring substituents is 1. The smallest absolute Gasteiger partial charge is 0.270 e. The summed E-state index contributed by atoms with van der Waals surface area (Å²) in [6, 6.07) is 2.69. The van der Waals surface area contributed by atoms with E-state index < -0.39 is 16.6 Å². The van der Waals surface area contributed by atoms with Crippen LogP contribution in [0.5, 0.6) is 0 Å². The lowest BCUT2D eigenvalue weighted by atomic mass is 10.1. The van der Waals surface area contributed by atoms with E-state index in [9.17, 15) is 19.3 Å². The molecule has 0 spiro atoms. The van der Waals surface area contributed by atoms with Gasteiger partial charge in [0.05, 0.1) is 23.1 Å². The largest absolute Gasteiger partial charge is 0.379 e. The number of benzene rings is 1. The second-order valence-electron chi connectivity index (χ2n) is 3.96. The first kappa shape index (κ1) is 12.4. The van der Waals surface area contributed by atoms with E-state index in [2.05, 4.69) is 5.32 Å². The van der Waals surface area contributed by atoms with Crippen LogP contribution in [0.15, 0.2) is 18.2 Å². The van der Waals surface area contributed by atoms with E-state index in [1.807, 2.05) is 0 Å². The summed E-state index contributed by atoms with van der Waals surface area (Å²) >= 11 is 0. The fraction of sp³-hybridized carbons (Fsp3) is 0.364. The Balaban J connectivity index is 2.17. The molecule has 1 N–H and O–H groups in total. The van der Waals surface area contributed by atoms with E-state index >= 15 is 0 Å². The molecular weight excluding hydrogens is 243 g/mol. The molecule has 1 heterocycles. The Labute approximate surface area is 102 Å². The predicted octanol–water partition coefficient (Wildman–Crippen LogP) is 1.25. The van der Waals surface area contributed by atoms with Crippen LogP contribution in [0.4, 0.5) is 10.1 Å². The Kier molecular flexibility index (Phi) is 3.52. The summed E-state index contributed by atoms with van der Waals surface area (Å²) < 4.78 is 18.5. The molecule has 1 saturated heterocycles. The molecule has 1 unspecified atom stereocenters. The second kappa shape index (κ2) is 5.09. The van der Waals surface area contributed by atoms with Crippen LogP contribution in [0.25, 0.3) is 0 Å². The summed E-state index contributed by atoms with van der Waals surface area (Å²) in [7, 11) is 0. The minimum atomic E-state index is -0.781. The number of ether oxygens (including phenoxy) is 1. The van der Waals surface area contributed by atoms with E-state index in [4.69, 9.17) is 4.74 Å². The molecule has 0 bridgehead atoms. The maximum absolute atomic E-state index is 13.4. The van der Waals surface area contributed by atoms with Gasteiger partial charge < -0.3 is 10.1 Å². The molecule has 0 saturated carbocycles. The van der Waals surface area contributed by atoms with Crippen LogP contribution < -0.4 is 5.32 Å². The van der Waals surface area contributed by atoms with Crippen molar-refractivity contribution in [1.29, 1.82) is 0 Å². The van der Waals surface area contributed by atoms with Crippen molar-refractivity contribution in [3.05, 3.63) is 39.7 Å². The van der Waals surface area contributed by atoms with Gasteiger partial charge in [-0.1, -0.05) is 0 Å². The zero-order chi connectivity index (χ0) is 13.1. The van der Waals surface area contributed by atoms with Crippen molar-refractivity contribution in [2.24, 2.45) is 0 Å². The Morgan fingerprint density at radius 1 is 1.56 bits per heavy atom. The highest BCUT2D eigenvalue weighted by Crippen LogP contribution is 2.17. The monoisotopic (exact) mass is 254 g/mol. The topological polar surface area (TPSA) is 81.5 Å². The third-order valence-corrected chi connectivity index (χ3v) is 2.67. The van der Waals surface area contributed by atoms with Gasteiger partial charge in [0.1, 0.15) is 5.82 Å². The molecular formula is C11H11FN2O4. The van der Waals surface area contributed by atoms with Gasteiger partial charge in [-0.25, -0.2) is 4.39 Å². The second-order valence-corrected chi connectivity index (χ2v) is 3.96. The van der Waals surface area contributed by atoms with Crippen LogP contribution in [-0.4, -0.2) is 30.1 Å².